The van der Waals surface area contributed by atoms with Crippen LogP contribution >= 0.6 is 0 Å². The van der Waals surface area contributed by atoms with Gasteiger partial charge >= 0.3 is 0 Å². The summed E-state index contributed by atoms with van der Waals surface area (Å²) in [7, 11) is 0. The predicted molar refractivity (Wildman–Crippen MR) is 104 cm³/mol. The highest BCUT2D eigenvalue weighted by atomic mass is 19.1. The van der Waals surface area contributed by atoms with Crippen molar-refractivity contribution in [3.63, 3.8) is 0 Å². The molecule has 1 atom stereocenters. The normalized spacial score (nSPS) is 16.7. The van der Waals surface area contributed by atoms with E-state index in [1.165, 1.54) is 12.1 Å². The maximum Gasteiger partial charge on any atom is 0.254 e. The molecule has 2 aromatic rings. The van der Waals surface area contributed by atoms with Crippen LogP contribution < -0.4 is 9.47 Å². The molecule has 1 saturated heterocycles. The minimum Gasteiger partial charge on any atom is -0.490 e. The van der Waals surface area contributed by atoms with Crippen molar-refractivity contribution in [2.24, 2.45) is 0 Å². The number of ether oxygens (including phenoxy) is 3. The quantitative estimate of drug-likeness (QED) is 0.713. The summed E-state index contributed by atoms with van der Waals surface area (Å²) in [6.45, 7) is 6.38. The van der Waals surface area contributed by atoms with Crippen molar-refractivity contribution in [3.05, 3.63) is 59.4 Å². The van der Waals surface area contributed by atoms with Gasteiger partial charge in [0.25, 0.3) is 5.91 Å². The molecule has 0 aromatic heterocycles. The maximum atomic E-state index is 13.2. The van der Waals surface area contributed by atoms with Crippen LogP contribution in [0.4, 0.5) is 4.39 Å². The summed E-state index contributed by atoms with van der Waals surface area (Å²) in [6, 6.07) is 11.5. The Balaban J connectivity index is 1.75. The first-order valence-corrected chi connectivity index (χ1v) is 9.68. The van der Waals surface area contributed by atoms with Crippen LogP contribution in [-0.4, -0.2) is 43.7 Å². The number of halogens is 1. The number of nitrogens with zero attached hydrogens (tertiary/aromatic N) is 1. The Morgan fingerprint density at radius 1 is 1.14 bits per heavy atom. The average Bonchev–Trinajstić information content (AvgIpc) is 2.73. The van der Waals surface area contributed by atoms with E-state index in [1.807, 2.05) is 13.8 Å². The van der Waals surface area contributed by atoms with E-state index in [0.717, 1.165) is 12.0 Å². The first kappa shape index (κ1) is 20.1. The second-order valence-electron chi connectivity index (χ2n) is 6.61. The standard InChI is InChI=1S/C22H26FNO4/c1-3-12-27-19-10-7-17(14-20(19)26-4-2)22(25)24-11-13-28-21(15-24)16-5-8-18(23)9-6-16/h5-10,14,21H,3-4,11-13,15H2,1-2H3. The van der Waals surface area contributed by atoms with E-state index in [0.29, 0.717) is 50.0 Å². The highest BCUT2D eigenvalue weighted by Gasteiger charge is 2.26. The third-order valence-electron chi connectivity index (χ3n) is 4.55. The summed E-state index contributed by atoms with van der Waals surface area (Å²) in [5.41, 5.74) is 1.41. The molecule has 0 N–H and O–H groups in total. The summed E-state index contributed by atoms with van der Waals surface area (Å²) < 4.78 is 30.3. The topological polar surface area (TPSA) is 48.0 Å². The number of rotatable bonds is 7. The van der Waals surface area contributed by atoms with Crippen molar-refractivity contribution >= 4 is 5.91 Å². The smallest absolute Gasteiger partial charge is 0.254 e. The van der Waals surface area contributed by atoms with Crippen molar-refractivity contribution in [1.82, 2.24) is 4.90 Å². The molecule has 1 amide bonds. The van der Waals surface area contributed by atoms with Crippen molar-refractivity contribution in [2.45, 2.75) is 26.4 Å². The molecule has 1 unspecified atom stereocenters. The van der Waals surface area contributed by atoms with Gasteiger partial charge in [0.1, 0.15) is 11.9 Å². The number of hydrogen-bond acceptors (Lipinski definition) is 4. The monoisotopic (exact) mass is 387 g/mol. The molecule has 28 heavy (non-hydrogen) atoms. The zero-order valence-corrected chi connectivity index (χ0v) is 16.3. The minimum absolute atomic E-state index is 0.0848. The molecule has 0 aliphatic carbocycles. The fourth-order valence-electron chi connectivity index (χ4n) is 3.14. The van der Waals surface area contributed by atoms with E-state index in [1.54, 1.807) is 35.2 Å². The lowest BCUT2D eigenvalue weighted by Crippen LogP contribution is -2.42. The Labute approximate surface area is 165 Å². The Hall–Kier alpha value is -2.60. The number of amides is 1. The summed E-state index contributed by atoms with van der Waals surface area (Å²) >= 11 is 0. The largest absolute Gasteiger partial charge is 0.490 e. The lowest BCUT2D eigenvalue weighted by atomic mass is 10.1. The number of carbonyl (C=O) groups is 1. The van der Waals surface area contributed by atoms with Gasteiger partial charge in [0, 0.05) is 12.1 Å². The van der Waals surface area contributed by atoms with Gasteiger partial charge in [0.05, 0.1) is 26.4 Å². The molecular weight excluding hydrogens is 361 g/mol. The Kier molecular flexibility index (Phi) is 6.87. The average molecular weight is 387 g/mol. The Morgan fingerprint density at radius 2 is 1.93 bits per heavy atom. The molecule has 0 bridgehead atoms. The number of benzene rings is 2. The molecule has 1 aliphatic heterocycles. The highest BCUT2D eigenvalue weighted by molar-refractivity contribution is 5.95. The number of hydrogen-bond donors (Lipinski definition) is 0. The second-order valence-corrected chi connectivity index (χ2v) is 6.61. The van der Waals surface area contributed by atoms with Gasteiger partial charge in [0.15, 0.2) is 11.5 Å². The molecule has 1 heterocycles. The summed E-state index contributed by atoms with van der Waals surface area (Å²) in [6.07, 6.45) is 0.627. The molecule has 1 aliphatic rings. The minimum atomic E-state index is -0.290. The van der Waals surface area contributed by atoms with Crippen LogP contribution in [0.3, 0.4) is 0 Å². The van der Waals surface area contributed by atoms with E-state index in [-0.39, 0.29) is 17.8 Å². The molecule has 3 rings (SSSR count). The number of morpholine rings is 1. The zero-order chi connectivity index (χ0) is 19.9. The highest BCUT2D eigenvalue weighted by Crippen LogP contribution is 2.30. The third-order valence-corrected chi connectivity index (χ3v) is 4.55. The van der Waals surface area contributed by atoms with E-state index in [9.17, 15) is 9.18 Å². The summed E-state index contributed by atoms with van der Waals surface area (Å²) in [4.78, 5) is 14.8. The molecule has 5 nitrogen and oxygen atoms in total. The lowest BCUT2D eigenvalue weighted by molar-refractivity contribution is -0.0228. The third kappa shape index (κ3) is 4.81. The first-order valence-electron chi connectivity index (χ1n) is 9.68. The summed E-state index contributed by atoms with van der Waals surface area (Å²) in [5, 5.41) is 0. The van der Waals surface area contributed by atoms with Crippen LogP contribution in [0.1, 0.15) is 42.3 Å². The van der Waals surface area contributed by atoms with E-state index in [4.69, 9.17) is 14.2 Å². The SMILES string of the molecule is CCCOc1ccc(C(=O)N2CCOC(c3ccc(F)cc3)C2)cc1OCC. The van der Waals surface area contributed by atoms with Crippen LogP contribution in [0.15, 0.2) is 42.5 Å². The van der Waals surface area contributed by atoms with Gasteiger partial charge in [-0.2, -0.15) is 0 Å². The first-order chi connectivity index (χ1) is 13.6. The molecular formula is C22H26FNO4. The van der Waals surface area contributed by atoms with Gasteiger partial charge < -0.3 is 19.1 Å². The summed E-state index contributed by atoms with van der Waals surface area (Å²) in [5.74, 6) is 0.844. The van der Waals surface area contributed by atoms with Crippen molar-refractivity contribution < 1.29 is 23.4 Å². The fraction of sp³-hybridized carbons (Fsp3) is 0.409. The molecule has 0 saturated carbocycles. The van der Waals surface area contributed by atoms with E-state index in [2.05, 4.69) is 0 Å². The zero-order valence-electron chi connectivity index (χ0n) is 16.3. The van der Waals surface area contributed by atoms with Crippen molar-refractivity contribution in [3.8, 4) is 11.5 Å². The Bertz CT molecular complexity index is 794. The molecule has 6 heteroatoms. The molecule has 150 valence electrons. The predicted octanol–water partition coefficient (Wildman–Crippen LogP) is 4.23. The van der Waals surface area contributed by atoms with Gasteiger partial charge in [0.2, 0.25) is 0 Å². The van der Waals surface area contributed by atoms with Gasteiger partial charge in [-0.15, -0.1) is 0 Å². The van der Waals surface area contributed by atoms with Gasteiger partial charge in [-0.3, -0.25) is 4.79 Å². The van der Waals surface area contributed by atoms with Crippen molar-refractivity contribution in [1.29, 1.82) is 0 Å². The number of carbonyl (C=O) groups excluding carboxylic acids is 1. The van der Waals surface area contributed by atoms with E-state index >= 15 is 0 Å². The van der Waals surface area contributed by atoms with E-state index < -0.39 is 0 Å². The van der Waals surface area contributed by atoms with Crippen LogP contribution in [0.25, 0.3) is 0 Å². The second kappa shape index (κ2) is 9.55. The molecule has 0 radical (unpaired) electrons. The van der Waals surface area contributed by atoms with Crippen LogP contribution in [0.5, 0.6) is 11.5 Å². The van der Waals surface area contributed by atoms with Crippen molar-refractivity contribution in [2.75, 3.05) is 32.9 Å². The van der Waals surface area contributed by atoms with Crippen LogP contribution in [-0.2, 0) is 4.74 Å². The molecule has 0 spiro atoms. The van der Waals surface area contributed by atoms with Crippen LogP contribution in [0, 0.1) is 5.82 Å². The maximum absolute atomic E-state index is 13.2. The molecule has 2 aromatic carbocycles. The van der Waals surface area contributed by atoms with Gasteiger partial charge in [-0.25, -0.2) is 4.39 Å². The van der Waals surface area contributed by atoms with Crippen LogP contribution in [0.2, 0.25) is 0 Å². The molecule has 1 fully saturated rings. The fourth-order valence-corrected chi connectivity index (χ4v) is 3.14. The Morgan fingerprint density at radius 3 is 2.64 bits per heavy atom. The van der Waals surface area contributed by atoms with Gasteiger partial charge in [-0.1, -0.05) is 19.1 Å². The van der Waals surface area contributed by atoms with Gasteiger partial charge in [-0.05, 0) is 49.2 Å². The lowest BCUT2D eigenvalue weighted by Gasteiger charge is -2.33.